The molecule has 0 amide bonds. The van der Waals surface area contributed by atoms with E-state index in [1.165, 1.54) is 32.1 Å². The molecule has 0 heteroatoms. The molecule has 0 heterocycles. The van der Waals surface area contributed by atoms with Gasteiger partial charge in [0.25, 0.3) is 0 Å². The van der Waals surface area contributed by atoms with Gasteiger partial charge in [-0.3, -0.25) is 0 Å². The molecule has 0 atom stereocenters. The molecule has 1 radical (unpaired) electrons. The second-order valence-corrected chi connectivity index (χ2v) is 3.39. The number of hydrogen-bond donors (Lipinski definition) is 0. The Morgan fingerprint density at radius 3 is 2.15 bits per heavy atom. The fourth-order valence-electron chi connectivity index (χ4n) is 1.38. The minimum Gasteiger partial charge on any atom is -0.0882 e. The van der Waals surface area contributed by atoms with Gasteiger partial charge in [-0.15, -0.1) is 0 Å². The molecule has 0 aliphatic heterocycles. The predicted molar refractivity (Wildman–Crippen MR) is 59.4 cm³/mol. The highest BCUT2D eigenvalue weighted by molar-refractivity contribution is 5.06. The first-order valence-corrected chi connectivity index (χ1v) is 5.30. The number of rotatable bonds is 0. The van der Waals surface area contributed by atoms with Crippen LogP contribution in [0.2, 0.25) is 0 Å². The third-order valence-electron chi connectivity index (χ3n) is 2.17. The quantitative estimate of drug-likeness (QED) is 0.517. The van der Waals surface area contributed by atoms with Crippen molar-refractivity contribution in [3.05, 3.63) is 42.9 Å². The first-order chi connectivity index (χ1) is 6.50. The van der Waals surface area contributed by atoms with Gasteiger partial charge in [0, 0.05) is 0 Å². The minimum atomic E-state index is 1.06. The maximum absolute atomic E-state index is 2.28. The topological polar surface area (TPSA) is 0 Å². The van der Waals surface area contributed by atoms with Gasteiger partial charge in [-0.2, -0.15) is 0 Å². The molecular formula is C13H19. The van der Waals surface area contributed by atoms with Gasteiger partial charge in [-0.05, 0) is 38.5 Å². The molecule has 0 N–H and O–H groups in total. The molecule has 0 spiro atoms. The summed E-state index contributed by atoms with van der Waals surface area (Å²) in [6.07, 6.45) is 23.0. The van der Waals surface area contributed by atoms with Gasteiger partial charge >= 0.3 is 0 Å². The van der Waals surface area contributed by atoms with E-state index < -0.39 is 0 Å². The van der Waals surface area contributed by atoms with E-state index in [0.29, 0.717) is 0 Å². The van der Waals surface area contributed by atoms with E-state index in [1.54, 1.807) is 0 Å². The summed E-state index contributed by atoms with van der Waals surface area (Å²) in [4.78, 5) is 0. The van der Waals surface area contributed by atoms with Crippen LogP contribution in [0.4, 0.5) is 0 Å². The Labute approximate surface area is 82.0 Å². The summed E-state index contributed by atoms with van der Waals surface area (Å²) in [5.41, 5.74) is 0. The summed E-state index contributed by atoms with van der Waals surface area (Å²) < 4.78 is 0. The third-order valence-corrected chi connectivity index (χ3v) is 2.17. The molecule has 0 bridgehead atoms. The number of allylic oxidation sites excluding steroid dienone is 6. The first kappa shape index (κ1) is 10.3. The Morgan fingerprint density at radius 2 is 1.31 bits per heavy atom. The van der Waals surface area contributed by atoms with Crippen LogP contribution in [0, 0.1) is 6.42 Å². The zero-order valence-corrected chi connectivity index (χ0v) is 8.28. The van der Waals surface area contributed by atoms with Crippen molar-refractivity contribution >= 4 is 0 Å². The lowest BCUT2D eigenvalue weighted by Crippen LogP contribution is -1.74. The molecule has 71 valence electrons. The van der Waals surface area contributed by atoms with Crippen molar-refractivity contribution in [3.63, 3.8) is 0 Å². The Hall–Kier alpha value is -0.780. The maximum Gasteiger partial charge on any atom is -0.0133 e. The van der Waals surface area contributed by atoms with Crippen LogP contribution in [0.5, 0.6) is 0 Å². The van der Waals surface area contributed by atoms with Crippen LogP contribution in [0.3, 0.4) is 0 Å². The van der Waals surface area contributed by atoms with Gasteiger partial charge < -0.3 is 0 Å². The van der Waals surface area contributed by atoms with Crippen molar-refractivity contribution in [1.29, 1.82) is 0 Å². The number of hydrogen-bond acceptors (Lipinski definition) is 0. The van der Waals surface area contributed by atoms with E-state index in [1.807, 2.05) is 0 Å². The van der Waals surface area contributed by atoms with Crippen LogP contribution < -0.4 is 0 Å². The van der Waals surface area contributed by atoms with Gasteiger partial charge in [0.05, 0.1) is 0 Å². The van der Waals surface area contributed by atoms with Crippen LogP contribution in [-0.4, -0.2) is 0 Å². The summed E-state index contributed by atoms with van der Waals surface area (Å²) >= 11 is 0. The van der Waals surface area contributed by atoms with Gasteiger partial charge in [-0.25, -0.2) is 0 Å². The van der Waals surface area contributed by atoms with Gasteiger partial charge in [0.2, 0.25) is 0 Å². The largest absolute Gasteiger partial charge is 0.0882 e. The van der Waals surface area contributed by atoms with Crippen molar-refractivity contribution in [3.8, 4) is 0 Å². The molecule has 0 unspecified atom stereocenters. The highest BCUT2D eigenvalue weighted by Gasteiger charge is 1.86. The molecule has 1 rings (SSSR count). The molecule has 0 aromatic heterocycles. The molecule has 1 aliphatic rings. The third kappa shape index (κ3) is 6.39. The minimum absolute atomic E-state index is 1.06. The lowest BCUT2D eigenvalue weighted by molar-refractivity contribution is 0.696. The van der Waals surface area contributed by atoms with E-state index >= 15 is 0 Å². The van der Waals surface area contributed by atoms with Crippen LogP contribution in [0.15, 0.2) is 36.5 Å². The van der Waals surface area contributed by atoms with Crippen LogP contribution in [0.1, 0.15) is 38.5 Å². The SMILES string of the molecule is [CH]1/C=C/CCCCC/C=C\C=C\C1. The van der Waals surface area contributed by atoms with Crippen LogP contribution >= 0.6 is 0 Å². The maximum atomic E-state index is 2.28. The molecule has 0 fully saturated rings. The molecule has 1 aliphatic carbocycles. The van der Waals surface area contributed by atoms with E-state index in [9.17, 15) is 0 Å². The van der Waals surface area contributed by atoms with Gasteiger partial charge in [0.1, 0.15) is 0 Å². The molecule has 0 aromatic rings. The molecule has 0 saturated carbocycles. The Balaban J connectivity index is 2.28. The summed E-state index contributed by atoms with van der Waals surface area (Å²) in [6, 6.07) is 0. The second-order valence-electron chi connectivity index (χ2n) is 3.39. The fraction of sp³-hybridized carbons (Fsp3) is 0.462. The van der Waals surface area contributed by atoms with E-state index in [4.69, 9.17) is 0 Å². The molecule has 0 nitrogen and oxygen atoms in total. The lowest BCUT2D eigenvalue weighted by atomic mass is 10.1. The fourth-order valence-corrected chi connectivity index (χ4v) is 1.38. The Kier molecular flexibility index (Phi) is 6.22. The van der Waals surface area contributed by atoms with Gasteiger partial charge in [-0.1, -0.05) is 42.9 Å². The summed E-state index contributed by atoms with van der Waals surface area (Å²) in [6.45, 7) is 0. The summed E-state index contributed by atoms with van der Waals surface area (Å²) in [5.74, 6) is 0. The zero-order valence-electron chi connectivity index (χ0n) is 8.28. The smallest absolute Gasteiger partial charge is 0.0133 e. The van der Waals surface area contributed by atoms with Crippen molar-refractivity contribution < 1.29 is 0 Å². The highest BCUT2D eigenvalue weighted by atomic mass is 13.9. The first-order valence-electron chi connectivity index (χ1n) is 5.30. The molecule has 13 heavy (non-hydrogen) atoms. The summed E-state index contributed by atoms with van der Waals surface area (Å²) in [5, 5.41) is 0. The van der Waals surface area contributed by atoms with Gasteiger partial charge in [0.15, 0.2) is 0 Å². The Bertz CT molecular complexity index is 184. The summed E-state index contributed by atoms with van der Waals surface area (Å²) in [7, 11) is 0. The van der Waals surface area contributed by atoms with Crippen LogP contribution in [-0.2, 0) is 0 Å². The Morgan fingerprint density at radius 1 is 0.615 bits per heavy atom. The standard InChI is InChI=1S/C13H19/c1-2-4-6-8-10-12-13-11-9-7-5-3-1/h1-4,7,9,11H,5-6,8,10,12-13H2/b3-1+,4-2-,11-9+. The monoisotopic (exact) mass is 175 g/mol. The van der Waals surface area contributed by atoms with Crippen molar-refractivity contribution in [1.82, 2.24) is 0 Å². The van der Waals surface area contributed by atoms with Crippen molar-refractivity contribution in [2.24, 2.45) is 0 Å². The van der Waals surface area contributed by atoms with E-state index in [0.717, 1.165) is 6.42 Å². The molecule has 0 aromatic carbocycles. The van der Waals surface area contributed by atoms with Crippen molar-refractivity contribution in [2.45, 2.75) is 38.5 Å². The average molecular weight is 175 g/mol. The lowest BCUT2D eigenvalue weighted by Gasteiger charge is -1.94. The van der Waals surface area contributed by atoms with Crippen molar-refractivity contribution in [2.75, 3.05) is 0 Å². The van der Waals surface area contributed by atoms with E-state index in [2.05, 4.69) is 42.9 Å². The van der Waals surface area contributed by atoms with E-state index in [-0.39, 0.29) is 0 Å². The van der Waals surface area contributed by atoms with Crippen LogP contribution in [0.25, 0.3) is 0 Å². The second kappa shape index (κ2) is 7.85. The zero-order chi connectivity index (χ0) is 9.19. The normalized spacial score (nSPS) is 27.7. The molecular weight excluding hydrogens is 156 g/mol. The predicted octanol–water partition coefficient (Wildman–Crippen LogP) is 4.21. The highest BCUT2D eigenvalue weighted by Crippen LogP contribution is 2.05. The average Bonchev–Trinajstić information content (AvgIpc) is 2.18. The molecule has 0 saturated heterocycles.